The van der Waals surface area contributed by atoms with E-state index in [1.165, 1.54) is 57.8 Å². The van der Waals surface area contributed by atoms with Crippen LogP contribution in [-0.4, -0.2) is 24.9 Å². The van der Waals surface area contributed by atoms with E-state index in [0.29, 0.717) is 17.9 Å². The zero-order chi connectivity index (χ0) is 13.5. The summed E-state index contributed by atoms with van der Waals surface area (Å²) in [5.41, 5.74) is 0. The monoisotopic (exact) mass is 262 g/mol. The molecule has 0 aromatic heterocycles. The second-order valence-electron chi connectivity index (χ2n) is 6.22. The van der Waals surface area contributed by atoms with Crippen LogP contribution in [0.1, 0.15) is 64.2 Å². The first-order chi connectivity index (χ1) is 9.35. The first-order valence-electron chi connectivity index (χ1n) is 7.88. The van der Waals surface area contributed by atoms with Crippen molar-refractivity contribution in [3.63, 3.8) is 0 Å². The maximum absolute atomic E-state index is 10.6. The molecule has 0 spiro atoms. The van der Waals surface area contributed by atoms with E-state index in [0.717, 1.165) is 6.42 Å². The maximum atomic E-state index is 10.6. The van der Waals surface area contributed by atoms with Crippen LogP contribution in [0.25, 0.3) is 0 Å². The van der Waals surface area contributed by atoms with Crippen molar-refractivity contribution >= 4 is 12.8 Å². The molecule has 3 nitrogen and oxygen atoms in total. The fourth-order valence-corrected chi connectivity index (χ4v) is 3.97. The SMILES string of the molecule is C=NC1CCCCC1CC1CCCCCC1N=C=O. The van der Waals surface area contributed by atoms with Gasteiger partial charge in [-0.2, -0.15) is 0 Å². The van der Waals surface area contributed by atoms with Gasteiger partial charge in [0.15, 0.2) is 0 Å². The molecule has 2 aliphatic carbocycles. The Hall–Kier alpha value is -0.950. The average molecular weight is 262 g/mol. The number of isocyanates is 1. The summed E-state index contributed by atoms with van der Waals surface area (Å²) in [4.78, 5) is 19.0. The zero-order valence-corrected chi connectivity index (χ0v) is 11.9. The maximum Gasteiger partial charge on any atom is 0.235 e. The third kappa shape index (κ3) is 4.01. The molecular weight excluding hydrogens is 236 g/mol. The molecule has 0 radical (unpaired) electrons. The van der Waals surface area contributed by atoms with Gasteiger partial charge < -0.3 is 0 Å². The number of aliphatic imine (C=N–C) groups is 2. The van der Waals surface area contributed by atoms with Crippen molar-refractivity contribution < 1.29 is 4.79 Å². The minimum Gasteiger partial charge on any atom is -0.297 e. The Balaban J connectivity index is 2.00. The van der Waals surface area contributed by atoms with Crippen LogP contribution >= 0.6 is 0 Å². The van der Waals surface area contributed by atoms with Gasteiger partial charge in [-0.1, -0.05) is 32.1 Å². The molecule has 0 aromatic rings. The van der Waals surface area contributed by atoms with Crippen LogP contribution in [-0.2, 0) is 4.79 Å². The lowest BCUT2D eigenvalue weighted by molar-refractivity contribution is 0.230. The molecule has 4 unspecified atom stereocenters. The molecule has 0 aromatic carbocycles. The van der Waals surface area contributed by atoms with E-state index in [-0.39, 0.29) is 6.04 Å². The normalized spacial score (nSPS) is 36.0. The lowest BCUT2D eigenvalue weighted by Gasteiger charge is -2.32. The Morgan fingerprint density at radius 1 is 0.895 bits per heavy atom. The largest absolute Gasteiger partial charge is 0.297 e. The average Bonchev–Trinajstić information content (AvgIpc) is 2.66. The Bertz CT molecular complexity index is 336. The van der Waals surface area contributed by atoms with E-state index >= 15 is 0 Å². The molecule has 2 aliphatic rings. The van der Waals surface area contributed by atoms with Crippen LogP contribution in [0, 0.1) is 11.8 Å². The molecule has 0 N–H and O–H groups in total. The van der Waals surface area contributed by atoms with Crippen LogP contribution in [0.4, 0.5) is 0 Å². The summed E-state index contributed by atoms with van der Waals surface area (Å²) in [6.45, 7) is 3.77. The van der Waals surface area contributed by atoms with E-state index in [2.05, 4.69) is 16.7 Å². The highest BCUT2D eigenvalue weighted by atomic mass is 16.1. The van der Waals surface area contributed by atoms with E-state index in [9.17, 15) is 4.79 Å². The van der Waals surface area contributed by atoms with Gasteiger partial charge in [0.25, 0.3) is 0 Å². The highest BCUT2D eigenvalue weighted by Gasteiger charge is 2.31. The van der Waals surface area contributed by atoms with Gasteiger partial charge in [0.1, 0.15) is 0 Å². The number of rotatable bonds is 4. The molecule has 2 saturated carbocycles. The van der Waals surface area contributed by atoms with Gasteiger partial charge >= 0.3 is 0 Å². The summed E-state index contributed by atoms with van der Waals surface area (Å²) in [6, 6.07) is 0.658. The zero-order valence-electron chi connectivity index (χ0n) is 11.9. The number of nitrogens with zero attached hydrogens (tertiary/aromatic N) is 2. The molecule has 2 rings (SSSR count). The quantitative estimate of drug-likeness (QED) is 0.430. The Morgan fingerprint density at radius 2 is 1.47 bits per heavy atom. The molecule has 0 bridgehead atoms. The van der Waals surface area contributed by atoms with Gasteiger partial charge in [-0.25, -0.2) is 9.79 Å². The fourth-order valence-electron chi connectivity index (χ4n) is 3.97. The van der Waals surface area contributed by atoms with E-state index in [4.69, 9.17) is 0 Å². The summed E-state index contributed by atoms with van der Waals surface area (Å²) in [5, 5.41) is 0. The Kier molecular flexibility index (Phi) is 5.78. The lowest BCUT2D eigenvalue weighted by atomic mass is 9.76. The van der Waals surface area contributed by atoms with Crippen LogP contribution in [0.2, 0.25) is 0 Å². The van der Waals surface area contributed by atoms with Crippen LogP contribution < -0.4 is 0 Å². The summed E-state index contributed by atoms with van der Waals surface area (Å²) in [6.07, 6.45) is 14.1. The van der Waals surface area contributed by atoms with Gasteiger partial charge in [0.2, 0.25) is 6.08 Å². The molecule has 0 saturated heterocycles. The minimum atomic E-state index is 0.215. The molecular formula is C16H26N2O. The molecule has 4 atom stereocenters. The van der Waals surface area contributed by atoms with Gasteiger partial charge in [-0.3, -0.25) is 4.99 Å². The minimum absolute atomic E-state index is 0.215. The van der Waals surface area contributed by atoms with Crippen molar-refractivity contribution in [1.82, 2.24) is 0 Å². The topological polar surface area (TPSA) is 41.8 Å². The second kappa shape index (κ2) is 7.59. The van der Waals surface area contributed by atoms with Gasteiger partial charge in [0.05, 0.1) is 12.1 Å². The predicted octanol–water partition coefficient (Wildman–Crippen LogP) is 3.92. The molecule has 0 aliphatic heterocycles. The van der Waals surface area contributed by atoms with Gasteiger partial charge in [0, 0.05) is 0 Å². The van der Waals surface area contributed by atoms with Gasteiger partial charge in [-0.05, 0) is 50.7 Å². The summed E-state index contributed by atoms with van der Waals surface area (Å²) in [7, 11) is 0. The summed E-state index contributed by atoms with van der Waals surface area (Å²) in [5.74, 6) is 1.23. The van der Waals surface area contributed by atoms with Crippen molar-refractivity contribution in [2.24, 2.45) is 21.8 Å². The van der Waals surface area contributed by atoms with E-state index in [1.54, 1.807) is 6.08 Å². The second-order valence-corrected chi connectivity index (χ2v) is 6.22. The molecule has 0 heterocycles. The molecule has 3 heteroatoms. The summed E-state index contributed by atoms with van der Waals surface area (Å²) >= 11 is 0. The third-order valence-corrected chi connectivity index (χ3v) is 5.05. The van der Waals surface area contributed by atoms with Crippen molar-refractivity contribution in [1.29, 1.82) is 0 Å². The highest BCUT2D eigenvalue weighted by Crippen LogP contribution is 2.37. The van der Waals surface area contributed by atoms with E-state index < -0.39 is 0 Å². The van der Waals surface area contributed by atoms with Crippen LogP contribution in [0.15, 0.2) is 9.98 Å². The number of carbonyl (C=O) groups excluding carboxylic acids is 1. The predicted molar refractivity (Wildman–Crippen MR) is 78.4 cm³/mol. The molecule has 19 heavy (non-hydrogen) atoms. The van der Waals surface area contributed by atoms with E-state index in [1.807, 2.05) is 0 Å². The summed E-state index contributed by atoms with van der Waals surface area (Å²) < 4.78 is 0. The lowest BCUT2D eigenvalue weighted by Crippen LogP contribution is -2.28. The van der Waals surface area contributed by atoms with Crippen molar-refractivity contribution in [3.8, 4) is 0 Å². The number of hydrogen-bond acceptors (Lipinski definition) is 3. The third-order valence-electron chi connectivity index (χ3n) is 5.05. The first kappa shape index (κ1) is 14.5. The highest BCUT2D eigenvalue weighted by molar-refractivity contribution is 5.33. The number of hydrogen-bond donors (Lipinski definition) is 0. The van der Waals surface area contributed by atoms with Crippen LogP contribution in [0.5, 0.6) is 0 Å². The molecule has 0 amide bonds. The van der Waals surface area contributed by atoms with Crippen LogP contribution in [0.3, 0.4) is 0 Å². The first-order valence-corrected chi connectivity index (χ1v) is 7.88. The fraction of sp³-hybridized carbons (Fsp3) is 0.875. The molecule has 106 valence electrons. The Morgan fingerprint density at radius 3 is 2.21 bits per heavy atom. The Labute approximate surface area is 116 Å². The molecule has 2 fully saturated rings. The standard InChI is InChI=1S/C16H26N2O/c1-17-15-9-6-5-8-13(15)11-14-7-3-2-4-10-16(14)18-12-19/h13-16H,1-11H2. The van der Waals surface area contributed by atoms with Gasteiger partial charge in [-0.15, -0.1) is 0 Å². The van der Waals surface area contributed by atoms with Crippen molar-refractivity contribution in [2.75, 3.05) is 0 Å². The van der Waals surface area contributed by atoms with Crippen molar-refractivity contribution in [2.45, 2.75) is 76.3 Å². The van der Waals surface area contributed by atoms with Crippen molar-refractivity contribution in [3.05, 3.63) is 0 Å². The smallest absolute Gasteiger partial charge is 0.235 e.